The van der Waals surface area contributed by atoms with Crippen LogP contribution in [0.3, 0.4) is 0 Å². The minimum atomic E-state index is -3.51. The highest BCUT2D eigenvalue weighted by Gasteiger charge is 2.12. The van der Waals surface area contributed by atoms with Crippen molar-refractivity contribution < 1.29 is 8.42 Å². The van der Waals surface area contributed by atoms with Crippen LogP contribution in [-0.4, -0.2) is 29.9 Å². The first-order valence-electron chi connectivity index (χ1n) is 5.92. The summed E-state index contributed by atoms with van der Waals surface area (Å²) in [6.45, 7) is 0. The number of nitrogen functional groups attached to an aromatic ring is 1. The number of hydrogen-bond donors (Lipinski definition) is 2. The summed E-state index contributed by atoms with van der Waals surface area (Å²) in [4.78, 5) is 8.53. The maximum atomic E-state index is 11.9. The summed E-state index contributed by atoms with van der Waals surface area (Å²) < 4.78 is 26.1. The maximum absolute atomic E-state index is 11.9. The molecule has 0 aliphatic heterocycles. The van der Waals surface area contributed by atoms with Gasteiger partial charge in [0.05, 0.1) is 5.75 Å². The predicted molar refractivity (Wildman–Crippen MR) is 86.0 cm³/mol. The average molecular weight is 345 g/mol. The molecule has 0 saturated carbocycles. The van der Waals surface area contributed by atoms with Crippen molar-refractivity contribution in [1.82, 2.24) is 9.97 Å². The number of hydrogen-bond acceptors (Lipinski definition) is 6. The van der Waals surface area contributed by atoms with Crippen LogP contribution in [0.5, 0.6) is 0 Å². The number of thioether (sulfide) groups is 1. The number of benzene rings is 1. The zero-order valence-corrected chi connectivity index (χ0v) is 13.2. The van der Waals surface area contributed by atoms with E-state index in [4.69, 9.17) is 17.3 Å². The standard InChI is InChI=1S/C12H13ClN4O2S2/c13-11-5-6-15-12(16-11)17-21(18,19)8-7-20-10-3-1-9(14)2-4-10/h1-6H,7-8,14H2,(H,15,16,17). The second kappa shape index (κ2) is 6.97. The lowest BCUT2D eigenvalue weighted by atomic mass is 10.3. The highest BCUT2D eigenvalue weighted by molar-refractivity contribution is 8.01. The molecule has 0 amide bonds. The third-order valence-corrected chi connectivity index (χ3v) is 5.09. The van der Waals surface area contributed by atoms with E-state index in [2.05, 4.69) is 14.7 Å². The molecule has 6 nitrogen and oxygen atoms in total. The maximum Gasteiger partial charge on any atom is 0.237 e. The Kier molecular flexibility index (Phi) is 5.27. The molecule has 0 unspecified atom stereocenters. The summed E-state index contributed by atoms with van der Waals surface area (Å²) in [6, 6.07) is 8.71. The fourth-order valence-corrected chi connectivity index (χ4v) is 3.80. The van der Waals surface area contributed by atoms with E-state index < -0.39 is 10.0 Å². The van der Waals surface area contributed by atoms with Gasteiger partial charge in [-0.05, 0) is 30.3 Å². The molecule has 0 atom stereocenters. The van der Waals surface area contributed by atoms with Crippen molar-refractivity contribution in [2.45, 2.75) is 4.90 Å². The van der Waals surface area contributed by atoms with Crippen molar-refractivity contribution in [3.63, 3.8) is 0 Å². The molecule has 1 aromatic carbocycles. The molecule has 2 rings (SSSR count). The number of rotatable bonds is 6. The molecule has 0 fully saturated rings. The van der Waals surface area contributed by atoms with Gasteiger partial charge in [0, 0.05) is 22.5 Å². The van der Waals surface area contributed by atoms with E-state index >= 15 is 0 Å². The first-order chi connectivity index (χ1) is 9.94. The summed E-state index contributed by atoms with van der Waals surface area (Å²) in [7, 11) is -3.51. The van der Waals surface area contributed by atoms with E-state index in [9.17, 15) is 8.42 Å². The molecule has 0 spiro atoms. The van der Waals surface area contributed by atoms with E-state index in [0.29, 0.717) is 11.4 Å². The summed E-state index contributed by atoms with van der Waals surface area (Å²) in [6.07, 6.45) is 1.39. The fraction of sp³-hybridized carbons (Fsp3) is 0.167. The van der Waals surface area contributed by atoms with Crippen LogP contribution in [0.15, 0.2) is 41.4 Å². The topological polar surface area (TPSA) is 98.0 Å². The molecule has 1 aromatic heterocycles. The van der Waals surface area contributed by atoms with Crippen LogP contribution in [0.1, 0.15) is 0 Å². The zero-order chi connectivity index (χ0) is 15.3. The predicted octanol–water partition coefficient (Wildman–Crippen LogP) is 2.25. The van der Waals surface area contributed by atoms with Gasteiger partial charge in [-0.15, -0.1) is 11.8 Å². The summed E-state index contributed by atoms with van der Waals surface area (Å²) in [5.74, 6) is 0.317. The quantitative estimate of drug-likeness (QED) is 0.474. The minimum Gasteiger partial charge on any atom is -0.399 e. The van der Waals surface area contributed by atoms with Crippen LogP contribution in [0, 0.1) is 0 Å². The number of anilines is 2. The second-order valence-corrected chi connectivity index (χ2v) is 7.44. The number of nitrogens with zero attached hydrogens (tertiary/aromatic N) is 2. The Morgan fingerprint density at radius 2 is 1.95 bits per heavy atom. The third-order valence-electron chi connectivity index (χ3n) is 2.37. The molecule has 2 aromatic rings. The molecule has 112 valence electrons. The second-order valence-electron chi connectivity index (χ2n) is 4.04. The highest BCUT2D eigenvalue weighted by Crippen LogP contribution is 2.19. The lowest BCUT2D eigenvalue weighted by molar-refractivity contribution is 0.602. The molecule has 0 saturated heterocycles. The lowest BCUT2D eigenvalue weighted by Crippen LogP contribution is -2.19. The molecule has 1 heterocycles. The van der Waals surface area contributed by atoms with Crippen molar-refractivity contribution >= 4 is 45.0 Å². The Morgan fingerprint density at radius 3 is 2.62 bits per heavy atom. The lowest BCUT2D eigenvalue weighted by Gasteiger charge is -2.06. The summed E-state index contributed by atoms with van der Waals surface area (Å²) in [5.41, 5.74) is 6.26. The first-order valence-corrected chi connectivity index (χ1v) is 8.93. The van der Waals surface area contributed by atoms with Gasteiger partial charge in [-0.1, -0.05) is 11.6 Å². The van der Waals surface area contributed by atoms with Crippen molar-refractivity contribution in [2.24, 2.45) is 0 Å². The van der Waals surface area contributed by atoms with Crippen LogP contribution < -0.4 is 10.5 Å². The van der Waals surface area contributed by atoms with Crippen molar-refractivity contribution in [3.05, 3.63) is 41.7 Å². The Bertz CT molecular complexity index is 707. The summed E-state index contributed by atoms with van der Waals surface area (Å²) in [5, 5.41) is 0.180. The van der Waals surface area contributed by atoms with Crippen molar-refractivity contribution in [1.29, 1.82) is 0 Å². The van der Waals surface area contributed by atoms with Crippen molar-refractivity contribution in [3.8, 4) is 0 Å². The van der Waals surface area contributed by atoms with Crippen LogP contribution in [0.4, 0.5) is 11.6 Å². The van der Waals surface area contributed by atoms with Gasteiger partial charge in [0.15, 0.2) is 0 Å². The van der Waals surface area contributed by atoms with E-state index in [-0.39, 0.29) is 16.9 Å². The molecule has 0 radical (unpaired) electrons. The summed E-state index contributed by atoms with van der Waals surface area (Å²) >= 11 is 7.10. The van der Waals surface area contributed by atoms with Crippen LogP contribution in [0.25, 0.3) is 0 Å². The largest absolute Gasteiger partial charge is 0.399 e. The SMILES string of the molecule is Nc1ccc(SCCS(=O)(=O)Nc2nccc(Cl)n2)cc1. The monoisotopic (exact) mass is 344 g/mol. The number of sulfonamides is 1. The number of halogens is 1. The average Bonchev–Trinajstić information content (AvgIpc) is 2.40. The Hall–Kier alpha value is -1.51. The smallest absolute Gasteiger partial charge is 0.237 e. The van der Waals surface area contributed by atoms with Gasteiger partial charge >= 0.3 is 0 Å². The van der Waals surface area contributed by atoms with E-state index in [1.165, 1.54) is 24.0 Å². The first kappa shape index (κ1) is 15.9. The minimum absolute atomic E-state index is 0.0278. The van der Waals surface area contributed by atoms with E-state index in [1.807, 2.05) is 12.1 Å². The molecule has 3 N–H and O–H groups in total. The van der Waals surface area contributed by atoms with Gasteiger partial charge < -0.3 is 5.73 Å². The van der Waals surface area contributed by atoms with Gasteiger partial charge in [-0.3, -0.25) is 4.72 Å². The van der Waals surface area contributed by atoms with Gasteiger partial charge in [0.2, 0.25) is 16.0 Å². The third kappa shape index (κ3) is 5.41. The van der Waals surface area contributed by atoms with Crippen LogP contribution in [-0.2, 0) is 10.0 Å². The Morgan fingerprint density at radius 1 is 1.24 bits per heavy atom. The van der Waals surface area contributed by atoms with Gasteiger partial charge in [0.1, 0.15) is 5.15 Å². The van der Waals surface area contributed by atoms with Crippen molar-refractivity contribution in [2.75, 3.05) is 22.0 Å². The zero-order valence-electron chi connectivity index (χ0n) is 10.9. The molecule has 0 bridgehead atoms. The number of nitrogens with one attached hydrogen (secondary N) is 1. The van der Waals surface area contributed by atoms with E-state index in [0.717, 1.165) is 4.90 Å². The molecule has 0 aliphatic carbocycles. The molecular formula is C12H13ClN4O2S2. The Balaban J connectivity index is 1.88. The number of aromatic nitrogens is 2. The van der Waals surface area contributed by atoms with Gasteiger partial charge in [-0.25, -0.2) is 18.4 Å². The fourth-order valence-electron chi connectivity index (χ4n) is 1.41. The molecule has 9 heteroatoms. The number of nitrogens with two attached hydrogens (primary N) is 1. The highest BCUT2D eigenvalue weighted by atomic mass is 35.5. The van der Waals surface area contributed by atoms with Gasteiger partial charge in [-0.2, -0.15) is 0 Å². The Labute approximate surface area is 132 Å². The van der Waals surface area contributed by atoms with E-state index in [1.54, 1.807) is 12.1 Å². The van der Waals surface area contributed by atoms with Crippen LogP contribution >= 0.6 is 23.4 Å². The molecule has 21 heavy (non-hydrogen) atoms. The normalized spacial score (nSPS) is 11.3. The molecule has 0 aliphatic rings. The molecular weight excluding hydrogens is 332 g/mol. The van der Waals surface area contributed by atoms with Crippen LogP contribution in [0.2, 0.25) is 5.15 Å². The van der Waals surface area contributed by atoms with Gasteiger partial charge in [0.25, 0.3) is 0 Å².